The van der Waals surface area contributed by atoms with Gasteiger partial charge in [-0.15, -0.1) is 11.3 Å². The number of hydrogen-bond donors (Lipinski definition) is 1. The third-order valence-electron chi connectivity index (χ3n) is 3.70. The summed E-state index contributed by atoms with van der Waals surface area (Å²) in [6.07, 6.45) is 1.85. The number of primary sulfonamides is 1. The van der Waals surface area contributed by atoms with E-state index < -0.39 is 10.0 Å². The molecule has 1 aliphatic rings. The zero-order chi connectivity index (χ0) is 15.9. The first-order valence-corrected chi connectivity index (χ1v) is 9.31. The molecule has 0 saturated carbocycles. The SMILES string of the molecule is Cc1ccc2c(c1)CCCN2C(=O)c1csc(S(N)(=O)=O)c1. The largest absolute Gasteiger partial charge is 0.308 e. The molecule has 1 aliphatic heterocycles. The smallest absolute Gasteiger partial charge is 0.259 e. The fraction of sp³-hybridized carbons (Fsp3) is 0.267. The Balaban J connectivity index is 1.96. The fourth-order valence-corrected chi connectivity index (χ4v) is 4.25. The molecule has 7 heteroatoms. The van der Waals surface area contributed by atoms with Gasteiger partial charge in [-0.25, -0.2) is 13.6 Å². The summed E-state index contributed by atoms with van der Waals surface area (Å²) in [4.78, 5) is 14.4. The first kappa shape index (κ1) is 15.2. The van der Waals surface area contributed by atoms with Gasteiger partial charge in [0.15, 0.2) is 0 Å². The Labute approximate surface area is 133 Å². The van der Waals surface area contributed by atoms with Gasteiger partial charge in [-0.1, -0.05) is 17.7 Å². The zero-order valence-corrected chi connectivity index (χ0v) is 13.7. The lowest BCUT2D eigenvalue weighted by atomic mass is 9.99. The van der Waals surface area contributed by atoms with Crippen molar-refractivity contribution in [2.45, 2.75) is 24.0 Å². The number of benzene rings is 1. The zero-order valence-electron chi connectivity index (χ0n) is 12.1. The number of aryl methyl sites for hydroxylation is 2. The topological polar surface area (TPSA) is 80.5 Å². The van der Waals surface area contributed by atoms with Crippen molar-refractivity contribution >= 4 is 33.0 Å². The minimum atomic E-state index is -3.76. The van der Waals surface area contributed by atoms with E-state index in [9.17, 15) is 13.2 Å². The van der Waals surface area contributed by atoms with Crippen LogP contribution in [0.15, 0.2) is 33.9 Å². The number of nitrogens with zero attached hydrogens (tertiary/aromatic N) is 1. The molecule has 1 aromatic heterocycles. The van der Waals surface area contributed by atoms with Crippen LogP contribution >= 0.6 is 11.3 Å². The monoisotopic (exact) mass is 336 g/mol. The maximum absolute atomic E-state index is 12.7. The van der Waals surface area contributed by atoms with Gasteiger partial charge in [-0.05, 0) is 37.5 Å². The Morgan fingerprint density at radius 3 is 2.77 bits per heavy atom. The van der Waals surface area contributed by atoms with Crippen LogP contribution in [0.5, 0.6) is 0 Å². The number of nitrogens with two attached hydrogens (primary N) is 1. The molecule has 5 nitrogen and oxygen atoms in total. The lowest BCUT2D eigenvalue weighted by Crippen LogP contribution is -2.35. The standard InChI is InChI=1S/C15H16N2O3S2/c1-10-4-5-13-11(7-10)3-2-6-17(13)15(18)12-8-14(21-9-12)22(16,19)20/h4-5,7-9H,2-3,6H2,1H3,(H2,16,19,20). The molecule has 0 radical (unpaired) electrons. The Bertz CT molecular complexity index is 840. The van der Waals surface area contributed by atoms with Crippen molar-refractivity contribution in [2.75, 3.05) is 11.4 Å². The van der Waals surface area contributed by atoms with E-state index in [1.165, 1.54) is 11.6 Å². The Morgan fingerprint density at radius 1 is 1.32 bits per heavy atom. The second-order valence-electron chi connectivity index (χ2n) is 5.39. The van der Waals surface area contributed by atoms with Gasteiger partial charge in [-0.3, -0.25) is 4.79 Å². The number of anilines is 1. The van der Waals surface area contributed by atoms with Gasteiger partial charge in [0.25, 0.3) is 5.91 Å². The molecule has 2 heterocycles. The highest BCUT2D eigenvalue weighted by Crippen LogP contribution is 2.30. The molecule has 2 aromatic rings. The average Bonchev–Trinajstić information content (AvgIpc) is 2.95. The van der Waals surface area contributed by atoms with Crippen molar-refractivity contribution in [3.05, 3.63) is 46.3 Å². The summed E-state index contributed by atoms with van der Waals surface area (Å²) in [5.74, 6) is -0.184. The number of sulfonamides is 1. The molecular formula is C15H16N2O3S2. The van der Waals surface area contributed by atoms with E-state index in [0.717, 1.165) is 35.4 Å². The van der Waals surface area contributed by atoms with E-state index in [1.54, 1.807) is 10.3 Å². The summed E-state index contributed by atoms with van der Waals surface area (Å²) in [6, 6.07) is 7.38. The van der Waals surface area contributed by atoms with Gasteiger partial charge >= 0.3 is 0 Å². The highest BCUT2D eigenvalue weighted by atomic mass is 32.2. The van der Waals surface area contributed by atoms with Crippen molar-refractivity contribution in [1.29, 1.82) is 0 Å². The number of rotatable bonds is 2. The Hall–Kier alpha value is -1.70. The third kappa shape index (κ3) is 2.79. The van der Waals surface area contributed by atoms with Crippen LogP contribution in [0.2, 0.25) is 0 Å². The molecule has 0 fully saturated rings. The molecule has 22 heavy (non-hydrogen) atoms. The molecule has 116 valence electrons. The third-order valence-corrected chi connectivity index (χ3v) is 6.09. The van der Waals surface area contributed by atoms with E-state index in [1.807, 2.05) is 19.1 Å². The molecule has 0 atom stereocenters. The van der Waals surface area contributed by atoms with Crippen LogP contribution in [0.1, 0.15) is 27.9 Å². The lowest BCUT2D eigenvalue weighted by Gasteiger charge is -2.29. The van der Waals surface area contributed by atoms with Gasteiger partial charge in [0, 0.05) is 17.6 Å². The van der Waals surface area contributed by atoms with Crippen LogP contribution in [0, 0.1) is 6.92 Å². The molecule has 0 unspecified atom stereocenters. The van der Waals surface area contributed by atoms with Crippen LogP contribution in [-0.4, -0.2) is 20.9 Å². The molecule has 2 N–H and O–H groups in total. The molecule has 1 aromatic carbocycles. The summed E-state index contributed by atoms with van der Waals surface area (Å²) < 4.78 is 22.7. The van der Waals surface area contributed by atoms with Gasteiger partial charge in [0.2, 0.25) is 10.0 Å². The van der Waals surface area contributed by atoms with Gasteiger partial charge in [0.05, 0.1) is 5.56 Å². The average molecular weight is 336 g/mol. The first-order chi connectivity index (χ1) is 10.4. The quantitative estimate of drug-likeness (QED) is 0.914. The Kier molecular flexibility index (Phi) is 3.80. The second-order valence-corrected chi connectivity index (χ2v) is 8.09. The number of carbonyl (C=O) groups is 1. The predicted molar refractivity (Wildman–Crippen MR) is 86.9 cm³/mol. The normalized spacial score (nSPS) is 14.7. The lowest BCUT2D eigenvalue weighted by molar-refractivity contribution is 0.0985. The van der Waals surface area contributed by atoms with Crippen LogP contribution in [0.3, 0.4) is 0 Å². The number of carbonyl (C=O) groups excluding carboxylic acids is 1. The van der Waals surface area contributed by atoms with E-state index in [2.05, 4.69) is 6.07 Å². The maximum Gasteiger partial charge on any atom is 0.259 e. The number of thiophene rings is 1. The first-order valence-electron chi connectivity index (χ1n) is 6.89. The summed E-state index contributed by atoms with van der Waals surface area (Å²) in [5.41, 5.74) is 3.59. The van der Waals surface area contributed by atoms with Gasteiger partial charge < -0.3 is 4.90 Å². The molecule has 0 aliphatic carbocycles. The molecule has 0 saturated heterocycles. The van der Waals surface area contributed by atoms with E-state index in [0.29, 0.717) is 12.1 Å². The van der Waals surface area contributed by atoms with E-state index in [-0.39, 0.29) is 10.1 Å². The van der Waals surface area contributed by atoms with E-state index >= 15 is 0 Å². The van der Waals surface area contributed by atoms with Gasteiger partial charge in [-0.2, -0.15) is 0 Å². The van der Waals surface area contributed by atoms with Crippen molar-refractivity contribution in [3.63, 3.8) is 0 Å². The minimum Gasteiger partial charge on any atom is -0.308 e. The van der Waals surface area contributed by atoms with Crippen molar-refractivity contribution < 1.29 is 13.2 Å². The number of fused-ring (bicyclic) bond motifs is 1. The highest BCUT2D eigenvalue weighted by Gasteiger charge is 2.25. The van der Waals surface area contributed by atoms with Crippen molar-refractivity contribution in [2.24, 2.45) is 5.14 Å². The maximum atomic E-state index is 12.7. The van der Waals surface area contributed by atoms with Crippen LogP contribution in [0.4, 0.5) is 5.69 Å². The number of amides is 1. The molecular weight excluding hydrogens is 320 g/mol. The predicted octanol–water partition coefficient (Wildman–Crippen LogP) is 2.30. The van der Waals surface area contributed by atoms with E-state index in [4.69, 9.17) is 5.14 Å². The van der Waals surface area contributed by atoms with Crippen molar-refractivity contribution in [3.8, 4) is 0 Å². The molecule has 0 bridgehead atoms. The van der Waals surface area contributed by atoms with Crippen LogP contribution in [-0.2, 0) is 16.4 Å². The molecule has 1 amide bonds. The van der Waals surface area contributed by atoms with Crippen LogP contribution < -0.4 is 10.0 Å². The summed E-state index contributed by atoms with van der Waals surface area (Å²) in [6.45, 7) is 2.66. The second kappa shape index (κ2) is 5.49. The fourth-order valence-electron chi connectivity index (χ4n) is 2.67. The van der Waals surface area contributed by atoms with Crippen molar-refractivity contribution in [1.82, 2.24) is 0 Å². The summed E-state index contributed by atoms with van der Waals surface area (Å²) in [5, 5.41) is 6.65. The Morgan fingerprint density at radius 2 is 2.09 bits per heavy atom. The van der Waals surface area contributed by atoms with Gasteiger partial charge in [0.1, 0.15) is 4.21 Å². The summed E-state index contributed by atoms with van der Waals surface area (Å²) >= 11 is 0.972. The number of hydrogen-bond acceptors (Lipinski definition) is 4. The minimum absolute atomic E-state index is 0.0111. The highest BCUT2D eigenvalue weighted by molar-refractivity contribution is 7.91. The summed E-state index contributed by atoms with van der Waals surface area (Å²) in [7, 11) is -3.76. The molecule has 3 rings (SSSR count). The van der Waals surface area contributed by atoms with Crippen LogP contribution in [0.25, 0.3) is 0 Å². The molecule has 0 spiro atoms.